The fourth-order valence-corrected chi connectivity index (χ4v) is 4.41. The Morgan fingerprint density at radius 2 is 1.79 bits per heavy atom. The van der Waals surface area contributed by atoms with E-state index in [2.05, 4.69) is 16.3 Å². The number of thioether (sulfide) groups is 1. The average Bonchev–Trinajstić information content (AvgIpc) is 3.34. The Bertz CT molecular complexity index is 1230. The number of nitrogens with zero attached hydrogens (tertiary/aromatic N) is 2. The first kappa shape index (κ1) is 17.5. The highest BCUT2D eigenvalue weighted by molar-refractivity contribution is 7.98. The van der Waals surface area contributed by atoms with Crippen LogP contribution in [0.4, 0.5) is 0 Å². The van der Waals surface area contributed by atoms with Crippen LogP contribution in [0.2, 0.25) is 5.02 Å². The average molecular weight is 411 g/mol. The van der Waals surface area contributed by atoms with Gasteiger partial charge in [-0.05, 0) is 72.4 Å². The number of aromatic nitrogens is 2. The van der Waals surface area contributed by atoms with Gasteiger partial charge in [0.2, 0.25) is 5.89 Å². The van der Waals surface area contributed by atoms with E-state index in [0.717, 1.165) is 35.8 Å². The maximum Gasteiger partial charge on any atom is 0.336 e. The molecule has 0 atom stereocenters. The molecule has 0 fully saturated rings. The van der Waals surface area contributed by atoms with Gasteiger partial charge in [-0.15, -0.1) is 10.2 Å². The van der Waals surface area contributed by atoms with Crippen LogP contribution < -0.4 is 5.63 Å². The van der Waals surface area contributed by atoms with Crippen molar-refractivity contribution in [3.05, 3.63) is 74.6 Å². The second-order valence-electron chi connectivity index (χ2n) is 6.73. The second-order valence-corrected chi connectivity index (χ2v) is 8.09. The first-order chi connectivity index (χ1) is 13.7. The summed E-state index contributed by atoms with van der Waals surface area (Å²) in [5.41, 5.74) is 4.66. The summed E-state index contributed by atoms with van der Waals surface area (Å²) in [5.74, 6) is 0.984. The lowest BCUT2D eigenvalue weighted by Gasteiger charge is -2.07. The number of fused-ring (bicyclic) bond motifs is 2. The van der Waals surface area contributed by atoms with Crippen LogP contribution in [0.3, 0.4) is 0 Å². The highest BCUT2D eigenvalue weighted by Gasteiger charge is 2.16. The van der Waals surface area contributed by atoms with E-state index >= 15 is 0 Å². The number of aryl methyl sites for hydroxylation is 2. The van der Waals surface area contributed by atoms with Gasteiger partial charge in [0, 0.05) is 27.8 Å². The predicted molar refractivity (Wildman–Crippen MR) is 109 cm³/mol. The molecule has 28 heavy (non-hydrogen) atoms. The predicted octanol–water partition coefficient (Wildman–Crippen LogP) is 5.28. The van der Waals surface area contributed by atoms with Gasteiger partial charge in [0.15, 0.2) is 0 Å². The van der Waals surface area contributed by atoms with Crippen molar-refractivity contribution in [2.45, 2.75) is 30.2 Å². The van der Waals surface area contributed by atoms with Crippen LogP contribution in [0.15, 0.2) is 61.3 Å². The molecule has 0 saturated carbocycles. The van der Waals surface area contributed by atoms with Crippen molar-refractivity contribution >= 4 is 34.3 Å². The minimum absolute atomic E-state index is 0.339. The van der Waals surface area contributed by atoms with Gasteiger partial charge < -0.3 is 8.83 Å². The molecule has 0 saturated heterocycles. The molecule has 0 amide bonds. The van der Waals surface area contributed by atoms with Crippen LogP contribution in [-0.2, 0) is 18.6 Å². The van der Waals surface area contributed by atoms with Gasteiger partial charge in [0.1, 0.15) is 5.58 Å². The van der Waals surface area contributed by atoms with E-state index in [0.29, 0.717) is 27.5 Å². The summed E-state index contributed by atoms with van der Waals surface area (Å²) in [4.78, 5) is 12.0. The molecule has 2 heterocycles. The molecule has 140 valence electrons. The summed E-state index contributed by atoms with van der Waals surface area (Å²) in [6.45, 7) is 0. The Morgan fingerprint density at radius 1 is 1.00 bits per heavy atom. The van der Waals surface area contributed by atoms with E-state index in [1.54, 1.807) is 18.2 Å². The van der Waals surface area contributed by atoms with Gasteiger partial charge in [-0.3, -0.25) is 0 Å². The molecule has 0 bridgehead atoms. The molecule has 5 rings (SSSR count). The molecular formula is C21H15ClN2O3S. The molecule has 0 aliphatic heterocycles. The fourth-order valence-electron chi connectivity index (χ4n) is 3.53. The van der Waals surface area contributed by atoms with Crippen LogP contribution in [0.1, 0.15) is 23.1 Å². The molecule has 7 heteroatoms. The summed E-state index contributed by atoms with van der Waals surface area (Å²) in [6.07, 6.45) is 3.27. The van der Waals surface area contributed by atoms with Crippen LogP contribution >= 0.6 is 23.4 Å². The smallest absolute Gasteiger partial charge is 0.336 e. The Balaban J connectivity index is 1.42. The second kappa shape index (κ2) is 7.11. The maximum atomic E-state index is 12.0. The van der Waals surface area contributed by atoms with Gasteiger partial charge in [-0.2, -0.15) is 0 Å². The highest BCUT2D eigenvalue weighted by atomic mass is 35.5. The maximum absolute atomic E-state index is 12.0. The third-order valence-corrected chi connectivity index (χ3v) is 6.01. The first-order valence-electron chi connectivity index (χ1n) is 8.96. The van der Waals surface area contributed by atoms with Crippen LogP contribution in [0, 0.1) is 0 Å². The molecule has 0 N–H and O–H groups in total. The molecule has 5 nitrogen and oxygen atoms in total. The van der Waals surface area contributed by atoms with E-state index in [4.69, 9.17) is 20.4 Å². The molecule has 1 aliphatic rings. The summed E-state index contributed by atoms with van der Waals surface area (Å²) in [5, 5.41) is 10.3. The van der Waals surface area contributed by atoms with E-state index in [1.165, 1.54) is 22.9 Å². The van der Waals surface area contributed by atoms with Crippen molar-refractivity contribution in [2.75, 3.05) is 0 Å². The van der Waals surface area contributed by atoms with Crippen molar-refractivity contribution in [3.8, 4) is 11.5 Å². The number of halogens is 1. The normalized spacial score (nSPS) is 13.2. The molecular weight excluding hydrogens is 396 g/mol. The van der Waals surface area contributed by atoms with Gasteiger partial charge in [0.25, 0.3) is 5.22 Å². The number of rotatable bonds is 4. The molecule has 1 aliphatic carbocycles. The van der Waals surface area contributed by atoms with Crippen molar-refractivity contribution < 1.29 is 8.83 Å². The standard InChI is InChI=1S/C21H15ClN2O3S/c22-16-6-4-12(5-7-16)20-23-24-21(27-20)28-11-15-10-19(25)26-18-9-14-3-1-2-13(14)8-17(15)18/h4-10H,1-3,11H2. The number of benzene rings is 2. The summed E-state index contributed by atoms with van der Waals surface area (Å²) < 4.78 is 11.2. The van der Waals surface area contributed by atoms with E-state index in [-0.39, 0.29) is 5.63 Å². The largest absolute Gasteiger partial charge is 0.423 e. The van der Waals surface area contributed by atoms with E-state index in [9.17, 15) is 4.79 Å². The zero-order chi connectivity index (χ0) is 19.1. The molecule has 0 radical (unpaired) electrons. The third kappa shape index (κ3) is 3.34. The monoisotopic (exact) mass is 410 g/mol. The van der Waals surface area contributed by atoms with E-state index in [1.807, 2.05) is 18.2 Å². The van der Waals surface area contributed by atoms with Gasteiger partial charge in [0.05, 0.1) is 0 Å². The van der Waals surface area contributed by atoms with Crippen LogP contribution in [-0.4, -0.2) is 10.2 Å². The van der Waals surface area contributed by atoms with Crippen molar-refractivity contribution in [1.29, 1.82) is 0 Å². The zero-order valence-electron chi connectivity index (χ0n) is 14.8. The van der Waals surface area contributed by atoms with Gasteiger partial charge in [-0.25, -0.2) is 4.79 Å². The Morgan fingerprint density at radius 3 is 2.61 bits per heavy atom. The number of hydrogen-bond donors (Lipinski definition) is 0. The lowest BCUT2D eigenvalue weighted by Crippen LogP contribution is -2.01. The van der Waals surface area contributed by atoms with Crippen LogP contribution in [0.5, 0.6) is 0 Å². The van der Waals surface area contributed by atoms with Crippen molar-refractivity contribution in [2.24, 2.45) is 0 Å². The minimum Gasteiger partial charge on any atom is -0.423 e. The Hall–Kier alpha value is -2.57. The molecule has 4 aromatic rings. The molecule has 2 aromatic carbocycles. The highest BCUT2D eigenvalue weighted by Crippen LogP contribution is 2.32. The molecule has 0 spiro atoms. The number of hydrogen-bond acceptors (Lipinski definition) is 6. The lowest BCUT2D eigenvalue weighted by atomic mass is 10.0. The Labute approximate surface area is 169 Å². The lowest BCUT2D eigenvalue weighted by molar-refractivity contribution is 0.466. The zero-order valence-corrected chi connectivity index (χ0v) is 16.3. The summed E-state index contributed by atoms with van der Waals surface area (Å²) in [6, 6.07) is 12.9. The third-order valence-electron chi connectivity index (χ3n) is 4.89. The first-order valence-corrected chi connectivity index (χ1v) is 10.3. The van der Waals surface area contributed by atoms with E-state index < -0.39 is 0 Å². The van der Waals surface area contributed by atoms with Crippen LogP contribution in [0.25, 0.3) is 22.4 Å². The summed E-state index contributed by atoms with van der Waals surface area (Å²) >= 11 is 7.32. The molecule has 0 unspecified atom stereocenters. The van der Waals surface area contributed by atoms with Crippen molar-refractivity contribution in [1.82, 2.24) is 10.2 Å². The Kier molecular flexibility index (Phi) is 4.45. The van der Waals surface area contributed by atoms with Gasteiger partial charge >= 0.3 is 5.63 Å². The molecule has 2 aromatic heterocycles. The van der Waals surface area contributed by atoms with Crippen molar-refractivity contribution in [3.63, 3.8) is 0 Å². The summed E-state index contributed by atoms with van der Waals surface area (Å²) in [7, 11) is 0. The quantitative estimate of drug-likeness (QED) is 0.337. The minimum atomic E-state index is -0.339. The fraction of sp³-hybridized carbons (Fsp3) is 0.190. The topological polar surface area (TPSA) is 69.1 Å². The SMILES string of the molecule is O=c1cc(CSc2nnc(-c3ccc(Cl)cc3)o2)c2cc3c(cc2o1)CCC3. The van der Waals surface area contributed by atoms with Gasteiger partial charge in [-0.1, -0.05) is 23.4 Å².